The van der Waals surface area contributed by atoms with E-state index in [0.717, 1.165) is 22.2 Å². The lowest BCUT2D eigenvalue weighted by Gasteiger charge is -2.27. The van der Waals surface area contributed by atoms with E-state index in [2.05, 4.69) is 10.3 Å². The highest BCUT2D eigenvalue weighted by molar-refractivity contribution is 5.98. The Kier molecular flexibility index (Phi) is 6.21. The molecule has 2 heterocycles. The summed E-state index contributed by atoms with van der Waals surface area (Å²) < 4.78 is 15.2. The molecule has 33 heavy (non-hydrogen) atoms. The largest absolute Gasteiger partial charge is 0.493 e. The summed E-state index contributed by atoms with van der Waals surface area (Å²) in [4.78, 5) is 42.3. The smallest absolute Gasteiger partial charge is 0.337 e. The number of esters is 1. The first-order valence-corrected chi connectivity index (χ1v) is 10.4. The van der Waals surface area contributed by atoms with Gasteiger partial charge in [0.15, 0.2) is 11.5 Å². The maximum absolute atomic E-state index is 12.8. The van der Waals surface area contributed by atoms with Crippen LogP contribution in [0.1, 0.15) is 32.0 Å². The van der Waals surface area contributed by atoms with Gasteiger partial charge in [0.05, 0.1) is 33.4 Å². The van der Waals surface area contributed by atoms with Crippen LogP contribution in [0.4, 0.5) is 0 Å². The zero-order chi connectivity index (χ0) is 23.5. The molecule has 0 atom stereocenters. The Morgan fingerprint density at radius 3 is 2.48 bits per heavy atom. The van der Waals surface area contributed by atoms with Crippen LogP contribution in [0.3, 0.4) is 0 Å². The molecule has 2 amide bonds. The van der Waals surface area contributed by atoms with Crippen molar-refractivity contribution in [1.82, 2.24) is 15.2 Å². The normalized spacial score (nSPS) is 12.8. The van der Waals surface area contributed by atoms with E-state index in [-0.39, 0.29) is 18.4 Å². The number of ether oxygens (including phenoxy) is 3. The predicted molar refractivity (Wildman–Crippen MR) is 121 cm³/mol. The maximum atomic E-state index is 12.8. The molecule has 2 N–H and O–H groups in total. The number of aromatic amines is 1. The summed E-state index contributed by atoms with van der Waals surface area (Å²) >= 11 is 0. The second-order valence-corrected chi connectivity index (χ2v) is 7.65. The third kappa shape index (κ3) is 4.34. The number of amides is 2. The SMILES string of the molecule is COC(=O)c1ccc2[nH]c3c(c2c1)CN(C(=O)CNC(=O)c1ccc(OC)c(OC)c1)CC3. The molecule has 0 bridgehead atoms. The fourth-order valence-electron chi connectivity index (χ4n) is 4.02. The number of benzene rings is 2. The van der Waals surface area contributed by atoms with Crippen LogP contribution in [-0.4, -0.2) is 62.1 Å². The molecule has 3 aromatic rings. The highest BCUT2D eigenvalue weighted by Crippen LogP contribution is 2.29. The molecule has 0 spiro atoms. The molecule has 1 aliphatic heterocycles. The van der Waals surface area contributed by atoms with Gasteiger partial charge >= 0.3 is 5.97 Å². The fraction of sp³-hybridized carbons (Fsp3) is 0.292. The summed E-state index contributed by atoms with van der Waals surface area (Å²) in [6.07, 6.45) is 0.660. The van der Waals surface area contributed by atoms with Crippen molar-refractivity contribution in [2.75, 3.05) is 34.4 Å². The maximum Gasteiger partial charge on any atom is 0.337 e. The van der Waals surface area contributed by atoms with Gasteiger partial charge < -0.3 is 29.4 Å². The minimum atomic E-state index is -0.409. The zero-order valence-corrected chi connectivity index (χ0v) is 18.7. The molecule has 1 aliphatic rings. The minimum Gasteiger partial charge on any atom is -0.493 e. The number of hydrogen-bond acceptors (Lipinski definition) is 6. The van der Waals surface area contributed by atoms with Crippen LogP contribution in [0.2, 0.25) is 0 Å². The van der Waals surface area contributed by atoms with Crippen LogP contribution in [0, 0.1) is 0 Å². The molecule has 0 fully saturated rings. The monoisotopic (exact) mass is 451 g/mol. The molecule has 0 unspecified atom stereocenters. The average Bonchev–Trinajstić information content (AvgIpc) is 3.23. The molecule has 1 aromatic heterocycles. The van der Waals surface area contributed by atoms with E-state index in [1.807, 2.05) is 6.07 Å². The lowest BCUT2D eigenvalue weighted by atomic mass is 10.0. The van der Waals surface area contributed by atoms with Gasteiger partial charge in [0.25, 0.3) is 5.91 Å². The van der Waals surface area contributed by atoms with Crippen molar-refractivity contribution in [3.63, 3.8) is 0 Å². The van der Waals surface area contributed by atoms with Crippen LogP contribution in [0.5, 0.6) is 11.5 Å². The Balaban J connectivity index is 1.44. The highest BCUT2D eigenvalue weighted by atomic mass is 16.5. The van der Waals surface area contributed by atoms with Crippen LogP contribution < -0.4 is 14.8 Å². The first-order chi connectivity index (χ1) is 15.9. The van der Waals surface area contributed by atoms with E-state index in [4.69, 9.17) is 14.2 Å². The number of carbonyl (C=O) groups excluding carboxylic acids is 3. The number of carbonyl (C=O) groups is 3. The molecular weight excluding hydrogens is 426 g/mol. The first kappa shape index (κ1) is 22.2. The van der Waals surface area contributed by atoms with Crippen LogP contribution in [0.15, 0.2) is 36.4 Å². The quantitative estimate of drug-likeness (QED) is 0.557. The zero-order valence-electron chi connectivity index (χ0n) is 18.7. The van der Waals surface area contributed by atoms with E-state index < -0.39 is 5.97 Å². The topological polar surface area (TPSA) is 110 Å². The lowest BCUT2D eigenvalue weighted by molar-refractivity contribution is -0.131. The van der Waals surface area contributed by atoms with Crippen molar-refractivity contribution in [2.45, 2.75) is 13.0 Å². The molecule has 172 valence electrons. The number of nitrogens with one attached hydrogen (secondary N) is 2. The van der Waals surface area contributed by atoms with Crippen molar-refractivity contribution in [2.24, 2.45) is 0 Å². The first-order valence-electron chi connectivity index (χ1n) is 10.4. The third-order valence-corrected chi connectivity index (χ3v) is 5.79. The van der Waals surface area contributed by atoms with Crippen molar-refractivity contribution in [3.05, 3.63) is 58.8 Å². The Morgan fingerprint density at radius 2 is 1.76 bits per heavy atom. The molecule has 0 saturated carbocycles. The van der Waals surface area contributed by atoms with Gasteiger partial charge in [-0.2, -0.15) is 0 Å². The van der Waals surface area contributed by atoms with Gasteiger partial charge in [-0.1, -0.05) is 0 Å². The highest BCUT2D eigenvalue weighted by Gasteiger charge is 2.25. The molecule has 4 rings (SSSR count). The fourth-order valence-corrected chi connectivity index (χ4v) is 4.02. The van der Waals surface area contributed by atoms with Crippen LogP contribution in [-0.2, 0) is 22.5 Å². The van der Waals surface area contributed by atoms with Crippen LogP contribution in [0.25, 0.3) is 10.9 Å². The van der Waals surface area contributed by atoms with Crippen LogP contribution >= 0.6 is 0 Å². The van der Waals surface area contributed by atoms with Gasteiger partial charge in [-0.3, -0.25) is 9.59 Å². The number of aromatic nitrogens is 1. The second-order valence-electron chi connectivity index (χ2n) is 7.65. The number of methoxy groups -OCH3 is 3. The molecule has 0 radical (unpaired) electrons. The van der Waals surface area contributed by atoms with Crippen molar-refractivity contribution in [1.29, 1.82) is 0 Å². The summed E-state index contributed by atoms with van der Waals surface area (Å²) in [6, 6.07) is 10.2. The van der Waals surface area contributed by atoms with Crippen molar-refractivity contribution < 1.29 is 28.6 Å². The standard InChI is InChI=1S/C24H25N3O6/c1-31-20-7-5-14(11-21(20)32-2)23(29)25-12-22(28)27-9-8-19-17(13-27)16-10-15(24(30)33-3)4-6-18(16)26-19/h4-7,10-11,26H,8-9,12-13H2,1-3H3,(H,25,29). The number of rotatable bonds is 6. The Bertz CT molecular complexity index is 1230. The van der Waals surface area contributed by atoms with E-state index >= 15 is 0 Å². The Morgan fingerprint density at radius 1 is 1.00 bits per heavy atom. The van der Waals surface area contributed by atoms with E-state index in [1.54, 1.807) is 35.2 Å². The Labute approximate surface area is 190 Å². The van der Waals surface area contributed by atoms with Gasteiger partial charge in [-0.15, -0.1) is 0 Å². The number of hydrogen-bond donors (Lipinski definition) is 2. The number of H-pyrrole nitrogens is 1. The number of fused-ring (bicyclic) bond motifs is 3. The van der Waals surface area contributed by atoms with Gasteiger partial charge in [0, 0.05) is 47.2 Å². The summed E-state index contributed by atoms with van der Waals surface area (Å²) in [5.41, 5.74) is 3.75. The average molecular weight is 451 g/mol. The summed E-state index contributed by atoms with van der Waals surface area (Å²) in [5, 5.41) is 3.56. The minimum absolute atomic E-state index is 0.127. The molecule has 0 saturated heterocycles. The summed E-state index contributed by atoms with van der Waals surface area (Å²) in [7, 11) is 4.35. The molecule has 2 aromatic carbocycles. The molecule has 0 aliphatic carbocycles. The van der Waals surface area contributed by atoms with Gasteiger partial charge in [-0.05, 0) is 36.4 Å². The Hall–Kier alpha value is -4.01. The second kappa shape index (κ2) is 9.23. The van der Waals surface area contributed by atoms with Gasteiger partial charge in [0.2, 0.25) is 5.91 Å². The predicted octanol–water partition coefficient (Wildman–Crippen LogP) is 2.29. The number of nitrogens with zero attached hydrogens (tertiary/aromatic N) is 1. The van der Waals surface area contributed by atoms with E-state index in [9.17, 15) is 14.4 Å². The van der Waals surface area contributed by atoms with E-state index in [1.165, 1.54) is 21.3 Å². The summed E-state index contributed by atoms with van der Waals surface area (Å²) in [6.45, 7) is 0.804. The third-order valence-electron chi connectivity index (χ3n) is 5.79. The molecular formula is C24H25N3O6. The molecule has 9 nitrogen and oxygen atoms in total. The van der Waals surface area contributed by atoms with Gasteiger partial charge in [-0.25, -0.2) is 4.79 Å². The molecule has 9 heteroatoms. The van der Waals surface area contributed by atoms with Crippen molar-refractivity contribution >= 4 is 28.7 Å². The summed E-state index contributed by atoms with van der Waals surface area (Å²) in [5.74, 6) is -0.0211. The van der Waals surface area contributed by atoms with Crippen molar-refractivity contribution in [3.8, 4) is 11.5 Å². The van der Waals surface area contributed by atoms with E-state index in [0.29, 0.717) is 42.1 Å². The lowest BCUT2D eigenvalue weighted by Crippen LogP contribution is -2.42. The van der Waals surface area contributed by atoms with Gasteiger partial charge in [0.1, 0.15) is 0 Å².